The molecule has 1 aromatic carbocycles. The maximum Gasteiger partial charge on any atom is 0.522 e. The summed E-state index contributed by atoms with van der Waals surface area (Å²) >= 11 is 0. The van der Waals surface area contributed by atoms with Gasteiger partial charge in [-0.1, -0.05) is 26.0 Å². The second kappa shape index (κ2) is 14.8. The number of benzene rings is 1. The van der Waals surface area contributed by atoms with Crippen molar-refractivity contribution in [2.24, 2.45) is 11.8 Å². The van der Waals surface area contributed by atoms with Gasteiger partial charge in [0.15, 0.2) is 5.78 Å². The molecule has 10 nitrogen and oxygen atoms in total. The second-order valence-electron chi connectivity index (χ2n) is 9.60. The quantitative estimate of drug-likeness (QED) is 0.240. The average Bonchev–Trinajstić information content (AvgIpc) is 3.26. The van der Waals surface area contributed by atoms with E-state index in [1.165, 1.54) is 25.3 Å². The fourth-order valence-corrected chi connectivity index (χ4v) is 4.04. The Kier molecular flexibility index (Phi) is 12.1. The van der Waals surface area contributed by atoms with Crippen LogP contribution in [0.15, 0.2) is 24.3 Å². The summed E-state index contributed by atoms with van der Waals surface area (Å²) in [5, 5.41) is 10.3. The van der Waals surface area contributed by atoms with E-state index in [1.807, 2.05) is 0 Å². The van der Waals surface area contributed by atoms with Gasteiger partial charge in [0.1, 0.15) is 24.5 Å². The highest BCUT2D eigenvalue weighted by atomic mass is 19.4. The number of hydrogen-bond donors (Lipinski definition) is 4. The zero-order valence-electron chi connectivity index (χ0n) is 21.9. The van der Waals surface area contributed by atoms with Gasteiger partial charge in [0.05, 0.1) is 18.3 Å². The number of ketones is 1. The second-order valence-corrected chi connectivity index (χ2v) is 9.60. The lowest BCUT2D eigenvalue weighted by atomic mass is 9.95. The Morgan fingerprint density at radius 1 is 1.08 bits per heavy atom. The van der Waals surface area contributed by atoms with Crippen molar-refractivity contribution < 1.29 is 46.2 Å². The third-order valence-electron chi connectivity index (χ3n) is 5.96. The molecule has 3 amide bonds. The van der Waals surface area contributed by atoms with Crippen molar-refractivity contribution in [2.45, 2.75) is 57.6 Å². The lowest BCUT2D eigenvalue weighted by molar-refractivity contribution is -0.321. The molecule has 0 radical (unpaired) electrons. The van der Waals surface area contributed by atoms with Gasteiger partial charge in [-0.3, -0.25) is 23.9 Å². The minimum absolute atomic E-state index is 0.0322. The fraction of sp³-hybridized carbons (Fsp3) is 0.600. The molecule has 1 fully saturated rings. The molecule has 1 heterocycles. The molecule has 1 aliphatic rings. The summed E-state index contributed by atoms with van der Waals surface area (Å²) in [6, 6.07) is 1.88. The highest BCUT2D eigenvalue weighted by molar-refractivity contribution is 5.95. The number of carbonyl (C=O) groups excluding carboxylic acids is 4. The Morgan fingerprint density at radius 3 is 2.28 bits per heavy atom. The first-order valence-corrected chi connectivity index (χ1v) is 12.4. The van der Waals surface area contributed by atoms with Gasteiger partial charge in [-0.25, -0.2) is 4.39 Å². The van der Waals surface area contributed by atoms with E-state index in [4.69, 9.17) is 4.74 Å². The molecule has 1 aliphatic heterocycles. The number of amides is 3. The van der Waals surface area contributed by atoms with E-state index < -0.39 is 60.4 Å². The van der Waals surface area contributed by atoms with Crippen LogP contribution in [0.25, 0.3) is 0 Å². The van der Waals surface area contributed by atoms with Crippen LogP contribution in [0.1, 0.15) is 33.1 Å². The van der Waals surface area contributed by atoms with Gasteiger partial charge in [0, 0.05) is 19.6 Å². The molecule has 2 rings (SSSR count). The van der Waals surface area contributed by atoms with Crippen LogP contribution in [0.5, 0.6) is 0 Å². The number of halogens is 4. The van der Waals surface area contributed by atoms with Crippen molar-refractivity contribution in [1.82, 2.24) is 16.0 Å². The molecule has 0 spiro atoms. The van der Waals surface area contributed by atoms with E-state index in [9.17, 15) is 36.7 Å². The lowest BCUT2D eigenvalue weighted by Gasteiger charge is -2.27. The number of nitrogens with one attached hydrogen (secondary N) is 4. The van der Waals surface area contributed by atoms with E-state index in [1.54, 1.807) is 19.9 Å². The van der Waals surface area contributed by atoms with Crippen LogP contribution in [-0.2, 0) is 28.7 Å². The summed E-state index contributed by atoms with van der Waals surface area (Å²) in [6.07, 6.45) is -4.85. The first kappa shape index (κ1) is 32.0. The van der Waals surface area contributed by atoms with Crippen molar-refractivity contribution >= 4 is 29.2 Å². The summed E-state index contributed by atoms with van der Waals surface area (Å²) < 4.78 is 60.4. The molecule has 4 atom stereocenters. The summed E-state index contributed by atoms with van der Waals surface area (Å²) in [4.78, 5) is 50.9. The van der Waals surface area contributed by atoms with Crippen LogP contribution in [0.4, 0.5) is 23.2 Å². The zero-order valence-corrected chi connectivity index (χ0v) is 21.9. The summed E-state index contributed by atoms with van der Waals surface area (Å²) in [7, 11) is 1.33. The minimum atomic E-state index is -5.06. The third-order valence-corrected chi connectivity index (χ3v) is 5.96. The normalized spacial score (nSPS) is 17.7. The topological polar surface area (TPSA) is 135 Å². The summed E-state index contributed by atoms with van der Waals surface area (Å²) in [5.41, 5.74) is 0.0322. The molecular weight excluding hydrogens is 528 g/mol. The number of rotatable bonds is 15. The summed E-state index contributed by atoms with van der Waals surface area (Å²) in [6.45, 7) is 2.35. The first-order valence-electron chi connectivity index (χ1n) is 12.4. The number of Topliss-reactive ketones (excluding diaryl/α,β-unsaturated/α-hetero) is 1. The number of carbonyl (C=O) groups is 4. The Labute approximate surface area is 223 Å². The number of ether oxygens (including phenoxy) is 2. The van der Waals surface area contributed by atoms with Crippen LogP contribution >= 0.6 is 0 Å². The number of alkyl halides is 3. The van der Waals surface area contributed by atoms with Gasteiger partial charge in [-0.15, -0.1) is 13.2 Å². The number of para-hydroxylation sites is 1. The van der Waals surface area contributed by atoms with Crippen molar-refractivity contribution in [3.8, 4) is 0 Å². The van der Waals surface area contributed by atoms with Crippen LogP contribution in [0.3, 0.4) is 0 Å². The molecule has 4 N–H and O–H groups in total. The molecule has 0 unspecified atom stereocenters. The molecule has 218 valence electrons. The van der Waals surface area contributed by atoms with E-state index in [0.717, 1.165) is 0 Å². The van der Waals surface area contributed by atoms with Crippen LogP contribution in [-0.4, -0.2) is 74.9 Å². The van der Waals surface area contributed by atoms with Crippen LogP contribution in [0.2, 0.25) is 0 Å². The van der Waals surface area contributed by atoms with Gasteiger partial charge >= 0.3 is 6.36 Å². The smallest absolute Gasteiger partial charge is 0.382 e. The van der Waals surface area contributed by atoms with Gasteiger partial charge in [0.2, 0.25) is 17.7 Å². The zero-order chi connectivity index (χ0) is 29.2. The SMILES string of the molecule is COC[C@@H](Nc1ccccc1F)C(=O)N[C@@H](CC(C)C)C(=O)N[C@@H](C[C@@H]1CCNC1=O)C(=O)COC(F)(F)F. The fourth-order valence-electron chi connectivity index (χ4n) is 4.04. The van der Waals surface area contributed by atoms with Crippen molar-refractivity contribution in [1.29, 1.82) is 0 Å². The number of hydrogen-bond acceptors (Lipinski definition) is 7. The van der Waals surface area contributed by atoms with Crippen molar-refractivity contribution in [2.75, 3.05) is 32.2 Å². The molecule has 0 bridgehead atoms. The highest BCUT2D eigenvalue weighted by Gasteiger charge is 2.36. The van der Waals surface area contributed by atoms with Gasteiger partial charge in [-0.2, -0.15) is 0 Å². The first-order chi connectivity index (χ1) is 18.3. The van der Waals surface area contributed by atoms with Gasteiger partial charge in [0.25, 0.3) is 0 Å². The predicted octanol–water partition coefficient (Wildman–Crippen LogP) is 1.90. The third kappa shape index (κ3) is 10.8. The minimum Gasteiger partial charge on any atom is -0.382 e. The van der Waals surface area contributed by atoms with Gasteiger partial charge in [-0.05, 0) is 37.3 Å². The molecule has 0 saturated carbocycles. The van der Waals surface area contributed by atoms with E-state index >= 15 is 0 Å². The summed E-state index contributed by atoms with van der Waals surface area (Å²) in [5.74, 6) is -4.42. The standard InChI is InChI=1S/C25H34F4N4O6/c1-14(2)10-19(33-24(37)20(12-38-3)31-17-7-5-4-6-16(17)26)23(36)32-18(11-15-8-9-30-22(15)35)21(34)13-39-25(27,28)29/h4-7,14-15,18-20,31H,8-13H2,1-3H3,(H,30,35)(H,32,36)(H,33,37)/t15-,18-,19-,20+/m0/s1. The largest absolute Gasteiger partial charge is 0.522 e. The molecule has 14 heteroatoms. The average molecular weight is 563 g/mol. The van der Waals surface area contributed by atoms with Crippen LogP contribution in [0, 0.1) is 17.7 Å². The Bertz CT molecular complexity index is 1010. The van der Waals surface area contributed by atoms with E-state index in [2.05, 4.69) is 26.0 Å². The predicted molar refractivity (Wildman–Crippen MR) is 132 cm³/mol. The molecule has 39 heavy (non-hydrogen) atoms. The molecular formula is C25H34F4N4O6. The Hall–Kier alpha value is -3.26. The maximum absolute atomic E-state index is 14.1. The van der Waals surface area contributed by atoms with E-state index in [0.29, 0.717) is 13.0 Å². The molecule has 0 aromatic heterocycles. The molecule has 1 saturated heterocycles. The van der Waals surface area contributed by atoms with Gasteiger partial charge < -0.3 is 26.0 Å². The Morgan fingerprint density at radius 2 is 1.72 bits per heavy atom. The Balaban J connectivity index is 2.19. The van der Waals surface area contributed by atoms with E-state index in [-0.39, 0.29) is 37.0 Å². The monoisotopic (exact) mass is 562 g/mol. The number of methoxy groups -OCH3 is 1. The molecule has 1 aromatic rings. The van der Waals surface area contributed by atoms with Crippen molar-refractivity contribution in [3.05, 3.63) is 30.1 Å². The molecule has 0 aliphatic carbocycles. The lowest BCUT2D eigenvalue weighted by Crippen LogP contribution is -2.56. The highest BCUT2D eigenvalue weighted by Crippen LogP contribution is 2.20. The van der Waals surface area contributed by atoms with Crippen LogP contribution < -0.4 is 21.3 Å². The van der Waals surface area contributed by atoms with Crippen molar-refractivity contribution in [3.63, 3.8) is 0 Å². The maximum atomic E-state index is 14.1. The number of anilines is 1.